The van der Waals surface area contributed by atoms with Gasteiger partial charge in [-0.2, -0.15) is 5.10 Å². The van der Waals surface area contributed by atoms with Crippen LogP contribution in [-0.2, 0) is 11.2 Å². The fourth-order valence-electron chi connectivity index (χ4n) is 1.73. The van der Waals surface area contributed by atoms with E-state index in [4.69, 9.17) is 5.11 Å². The molecule has 1 aromatic carbocycles. The van der Waals surface area contributed by atoms with Gasteiger partial charge in [0.25, 0.3) is 0 Å². The molecule has 0 aliphatic carbocycles. The number of carboxylic acids is 1. The van der Waals surface area contributed by atoms with E-state index in [0.717, 1.165) is 22.9 Å². The Morgan fingerprint density at radius 2 is 2.38 bits per heavy atom. The standard InChI is InChI=1S/C12H14N2O2/c1-8(12(15)16)5-6-9-3-2-4-10-7-13-14-11(9)10/h2-4,7-8H,5-6H2,1H3,(H,13,14)(H,15,16). The number of hydrogen-bond donors (Lipinski definition) is 2. The third-order valence-electron chi connectivity index (χ3n) is 2.83. The van der Waals surface area contributed by atoms with Gasteiger partial charge in [-0.05, 0) is 18.4 Å². The number of aryl methyl sites for hydroxylation is 1. The van der Waals surface area contributed by atoms with Gasteiger partial charge >= 0.3 is 5.97 Å². The molecule has 0 bridgehead atoms. The summed E-state index contributed by atoms with van der Waals surface area (Å²) in [7, 11) is 0. The molecule has 1 atom stereocenters. The number of para-hydroxylation sites is 1. The number of H-pyrrole nitrogens is 1. The molecule has 0 amide bonds. The summed E-state index contributed by atoms with van der Waals surface area (Å²) in [6, 6.07) is 5.97. The lowest BCUT2D eigenvalue weighted by Gasteiger charge is -2.06. The van der Waals surface area contributed by atoms with E-state index in [1.54, 1.807) is 13.1 Å². The zero-order valence-corrected chi connectivity index (χ0v) is 9.10. The SMILES string of the molecule is CC(CCc1cccc2cn[nH]c12)C(=O)O. The van der Waals surface area contributed by atoms with Crippen molar-refractivity contribution in [2.75, 3.05) is 0 Å². The smallest absolute Gasteiger partial charge is 0.306 e. The zero-order valence-electron chi connectivity index (χ0n) is 9.10. The largest absolute Gasteiger partial charge is 0.481 e. The number of aromatic nitrogens is 2. The Hall–Kier alpha value is -1.84. The Bertz CT molecular complexity index is 504. The number of carbonyl (C=O) groups is 1. The lowest BCUT2D eigenvalue weighted by Crippen LogP contribution is -2.10. The van der Waals surface area contributed by atoms with Crippen LogP contribution < -0.4 is 0 Å². The first-order valence-corrected chi connectivity index (χ1v) is 5.32. The molecule has 0 saturated carbocycles. The van der Waals surface area contributed by atoms with Gasteiger partial charge in [0, 0.05) is 5.39 Å². The summed E-state index contributed by atoms with van der Waals surface area (Å²) < 4.78 is 0. The van der Waals surface area contributed by atoms with E-state index in [1.807, 2.05) is 18.2 Å². The Morgan fingerprint density at radius 3 is 3.12 bits per heavy atom. The highest BCUT2D eigenvalue weighted by Gasteiger charge is 2.11. The number of benzene rings is 1. The van der Waals surface area contributed by atoms with Gasteiger partial charge in [0.15, 0.2) is 0 Å². The Morgan fingerprint density at radius 1 is 1.56 bits per heavy atom. The predicted octanol–water partition coefficient (Wildman–Crippen LogP) is 2.22. The first-order valence-electron chi connectivity index (χ1n) is 5.32. The molecular weight excluding hydrogens is 204 g/mol. The Balaban J connectivity index is 2.15. The van der Waals surface area contributed by atoms with Gasteiger partial charge in [0.2, 0.25) is 0 Å². The van der Waals surface area contributed by atoms with Crippen LogP contribution in [0.5, 0.6) is 0 Å². The van der Waals surface area contributed by atoms with Crippen molar-refractivity contribution < 1.29 is 9.90 Å². The molecule has 84 valence electrons. The van der Waals surface area contributed by atoms with E-state index in [-0.39, 0.29) is 5.92 Å². The molecule has 2 aromatic rings. The van der Waals surface area contributed by atoms with Gasteiger partial charge < -0.3 is 5.11 Å². The molecule has 4 nitrogen and oxygen atoms in total. The second kappa shape index (κ2) is 4.35. The first-order chi connectivity index (χ1) is 7.68. The van der Waals surface area contributed by atoms with Gasteiger partial charge in [-0.25, -0.2) is 0 Å². The maximum atomic E-state index is 10.7. The van der Waals surface area contributed by atoms with Gasteiger partial charge in [-0.1, -0.05) is 25.1 Å². The highest BCUT2D eigenvalue weighted by Crippen LogP contribution is 2.18. The summed E-state index contributed by atoms with van der Waals surface area (Å²) >= 11 is 0. The van der Waals surface area contributed by atoms with Crippen molar-refractivity contribution in [1.29, 1.82) is 0 Å². The van der Waals surface area contributed by atoms with E-state index in [1.165, 1.54) is 0 Å². The number of aliphatic carboxylic acids is 1. The van der Waals surface area contributed by atoms with E-state index in [0.29, 0.717) is 6.42 Å². The van der Waals surface area contributed by atoms with Crippen molar-refractivity contribution in [3.05, 3.63) is 30.0 Å². The van der Waals surface area contributed by atoms with E-state index in [9.17, 15) is 4.79 Å². The summed E-state index contributed by atoms with van der Waals surface area (Å²) in [5.41, 5.74) is 2.14. The quantitative estimate of drug-likeness (QED) is 0.826. The summed E-state index contributed by atoms with van der Waals surface area (Å²) in [4.78, 5) is 10.7. The van der Waals surface area contributed by atoms with E-state index in [2.05, 4.69) is 10.2 Å². The summed E-state index contributed by atoms with van der Waals surface area (Å²) in [5.74, 6) is -1.05. The summed E-state index contributed by atoms with van der Waals surface area (Å²) in [6.45, 7) is 1.73. The fourth-order valence-corrected chi connectivity index (χ4v) is 1.73. The van der Waals surface area contributed by atoms with Gasteiger partial charge in [-0.3, -0.25) is 9.89 Å². The van der Waals surface area contributed by atoms with Crippen molar-refractivity contribution >= 4 is 16.9 Å². The highest BCUT2D eigenvalue weighted by molar-refractivity contribution is 5.81. The number of nitrogens with zero attached hydrogens (tertiary/aromatic N) is 1. The minimum atomic E-state index is -0.739. The maximum absolute atomic E-state index is 10.7. The van der Waals surface area contributed by atoms with Crippen LogP contribution in [0.15, 0.2) is 24.4 Å². The molecule has 1 heterocycles. The average molecular weight is 218 g/mol. The number of aromatic amines is 1. The minimum absolute atomic E-state index is 0.307. The Kier molecular flexibility index (Phi) is 2.90. The third kappa shape index (κ3) is 2.05. The van der Waals surface area contributed by atoms with Gasteiger partial charge in [0.1, 0.15) is 0 Å². The first kappa shape index (κ1) is 10.7. The monoisotopic (exact) mass is 218 g/mol. The van der Waals surface area contributed by atoms with Crippen molar-refractivity contribution in [2.45, 2.75) is 19.8 Å². The third-order valence-corrected chi connectivity index (χ3v) is 2.83. The van der Waals surface area contributed by atoms with Crippen LogP contribution in [0.3, 0.4) is 0 Å². The summed E-state index contributed by atoms with van der Waals surface area (Å²) in [5, 5.41) is 16.8. The normalized spacial score (nSPS) is 12.8. The van der Waals surface area contributed by atoms with Gasteiger partial charge in [-0.15, -0.1) is 0 Å². The molecule has 2 N–H and O–H groups in total. The molecule has 16 heavy (non-hydrogen) atoms. The van der Waals surface area contributed by atoms with Crippen LogP contribution in [0, 0.1) is 5.92 Å². The van der Waals surface area contributed by atoms with Crippen LogP contribution in [0.4, 0.5) is 0 Å². The molecule has 0 radical (unpaired) electrons. The number of carboxylic acid groups (broad SMARTS) is 1. The zero-order chi connectivity index (χ0) is 11.5. The molecule has 4 heteroatoms. The number of nitrogens with one attached hydrogen (secondary N) is 1. The van der Waals surface area contributed by atoms with Crippen molar-refractivity contribution in [3.63, 3.8) is 0 Å². The van der Waals surface area contributed by atoms with Crippen LogP contribution in [0.25, 0.3) is 10.9 Å². The molecule has 0 aliphatic heterocycles. The summed E-state index contributed by atoms with van der Waals surface area (Å²) in [6.07, 6.45) is 3.18. The molecule has 0 spiro atoms. The number of rotatable bonds is 4. The second-order valence-corrected chi connectivity index (χ2v) is 4.03. The number of fused-ring (bicyclic) bond motifs is 1. The van der Waals surface area contributed by atoms with Crippen molar-refractivity contribution in [3.8, 4) is 0 Å². The average Bonchev–Trinajstić information content (AvgIpc) is 2.73. The van der Waals surface area contributed by atoms with E-state index >= 15 is 0 Å². The Labute approximate surface area is 93.3 Å². The highest BCUT2D eigenvalue weighted by atomic mass is 16.4. The lowest BCUT2D eigenvalue weighted by atomic mass is 10.00. The van der Waals surface area contributed by atoms with Gasteiger partial charge in [0.05, 0.1) is 17.6 Å². The van der Waals surface area contributed by atoms with Crippen LogP contribution >= 0.6 is 0 Å². The molecule has 0 aliphatic rings. The van der Waals surface area contributed by atoms with Crippen LogP contribution in [0.2, 0.25) is 0 Å². The molecule has 2 rings (SSSR count). The van der Waals surface area contributed by atoms with Crippen molar-refractivity contribution in [1.82, 2.24) is 10.2 Å². The molecule has 1 aromatic heterocycles. The second-order valence-electron chi connectivity index (χ2n) is 4.03. The number of hydrogen-bond acceptors (Lipinski definition) is 2. The minimum Gasteiger partial charge on any atom is -0.481 e. The molecule has 1 unspecified atom stereocenters. The fraction of sp³-hybridized carbons (Fsp3) is 0.333. The topological polar surface area (TPSA) is 66.0 Å². The van der Waals surface area contributed by atoms with Crippen LogP contribution in [0.1, 0.15) is 18.9 Å². The molecule has 0 saturated heterocycles. The molecule has 0 fully saturated rings. The maximum Gasteiger partial charge on any atom is 0.306 e. The van der Waals surface area contributed by atoms with Crippen molar-refractivity contribution in [2.24, 2.45) is 5.92 Å². The van der Waals surface area contributed by atoms with Crippen LogP contribution in [-0.4, -0.2) is 21.3 Å². The lowest BCUT2D eigenvalue weighted by molar-refractivity contribution is -0.141. The van der Waals surface area contributed by atoms with E-state index < -0.39 is 5.97 Å². The predicted molar refractivity (Wildman–Crippen MR) is 61.2 cm³/mol. The molecular formula is C12H14N2O2.